The van der Waals surface area contributed by atoms with Gasteiger partial charge in [-0.1, -0.05) is 66.3 Å². The zero-order valence-electron chi connectivity index (χ0n) is 18.8. The van der Waals surface area contributed by atoms with Crippen LogP contribution in [-0.2, 0) is 25.5 Å². The summed E-state index contributed by atoms with van der Waals surface area (Å²) >= 11 is 0.490. The number of carbonyl (C=O) groups is 2. The van der Waals surface area contributed by atoms with Crippen LogP contribution in [-0.4, -0.2) is 51.9 Å². The van der Waals surface area contributed by atoms with E-state index in [1.165, 1.54) is 18.9 Å². The van der Waals surface area contributed by atoms with Crippen LogP contribution in [0.4, 0.5) is 0 Å². The van der Waals surface area contributed by atoms with Gasteiger partial charge in [0, 0.05) is 10.8 Å². The Morgan fingerprint density at radius 3 is 2.45 bits per heavy atom. The molecule has 0 N–H and O–H groups in total. The number of hydrogen-bond donors (Lipinski definition) is 0. The van der Waals surface area contributed by atoms with Crippen molar-refractivity contribution >= 4 is 39.7 Å². The standard InChI is InChI=1S/C24H33NO4S2/c1-16-10-12-19(13-11-16)22(26)25(17(2)15-31(4)28)23-20(24(27)29-3)14-21(30-23)18-8-6-5-7-9-18/h5-9,14,16-17,19-20,23H,10-13,15H2,1-4H3. The van der Waals surface area contributed by atoms with Crippen LogP contribution in [0, 0.1) is 17.8 Å². The summed E-state index contributed by atoms with van der Waals surface area (Å²) in [6, 6.07) is 9.67. The quantitative estimate of drug-likeness (QED) is 0.445. The second-order valence-corrected chi connectivity index (χ2v) is 11.4. The second kappa shape index (κ2) is 10.9. The van der Waals surface area contributed by atoms with E-state index in [0.29, 0.717) is 11.7 Å². The molecule has 4 atom stereocenters. The van der Waals surface area contributed by atoms with Crippen molar-refractivity contribution in [1.29, 1.82) is 0 Å². The van der Waals surface area contributed by atoms with Crippen LogP contribution in [0.25, 0.3) is 4.91 Å². The Labute approximate surface area is 193 Å². The van der Waals surface area contributed by atoms with Gasteiger partial charge in [-0.25, -0.2) is 0 Å². The summed E-state index contributed by atoms with van der Waals surface area (Å²) in [7, 11) is 1.39. The Balaban J connectivity index is 1.92. The molecule has 170 valence electrons. The normalized spacial score (nSPS) is 27.8. The summed E-state index contributed by atoms with van der Waals surface area (Å²) in [5.74, 6) is 0.184. The van der Waals surface area contributed by atoms with Gasteiger partial charge in [0.25, 0.3) is 0 Å². The molecule has 4 unspecified atom stereocenters. The molecule has 0 aromatic heterocycles. The molecule has 5 nitrogen and oxygen atoms in total. The van der Waals surface area contributed by atoms with Gasteiger partial charge >= 0.3 is 5.97 Å². The summed E-state index contributed by atoms with van der Waals surface area (Å²) in [6.45, 7) is 4.18. The van der Waals surface area contributed by atoms with E-state index in [9.17, 15) is 14.1 Å². The number of rotatable bonds is 7. The first-order valence-electron chi connectivity index (χ1n) is 11.0. The number of benzene rings is 1. The van der Waals surface area contributed by atoms with Crippen LogP contribution in [0.3, 0.4) is 0 Å². The fourth-order valence-corrected chi connectivity index (χ4v) is 6.90. The summed E-state index contributed by atoms with van der Waals surface area (Å²) in [5, 5.41) is -0.395. The van der Waals surface area contributed by atoms with Gasteiger partial charge in [0.05, 0.1) is 24.8 Å². The minimum absolute atomic E-state index is 0.0383. The van der Waals surface area contributed by atoms with Crippen LogP contribution in [0.5, 0.6) is 0 Å². The number of methoxy groups -OCH3 is 1. The number of carbonyl (C=O) groups excluding carboxylic acids is 2. The molecule has 0 bridgehead atoms. The molecule has 1 aliphatic carbocycles. The molecule has 1 aliphatic heterocycles. The van der Waals surface area contributed by atoms with Gasteiger partial charge in [-0.2, -0.15) is 0 Å². The third-order valence-electron chi connectivity index (χ3n) is 6.26. The van der Waals surface area contributed by atoms with Gasteiger partial charge < -0.3 is 14.2 Å². The van der Waals surface area contributed by atoms with E-state index in [1.807, 2.05) is 48.2 Å². The van der Waals surface area contributed by atoms with Crippen LogP contribution < -0.4 is 0 Å². The van der Waals surface area contributed by atoms with Crippen molar-refractivity contribution in [2.75, 3.05) is 19.1 Å². The van der Waals surface area contributed by atoms with Crippen molar-refractivity contribution in [3.63, 3.8) is 0 Å². The molecule has 1 fully saturated rings. The van der Waals surface area contributed by atoms with Crippen molar-refractivity contribution in [2.24, 2.45) is 17.8 Å². The highest BCUT2D eigenvalue weighted by Gasteiger charge is 2.44. The third kappa shape index (κ3) is 5.88. The minimum atomic E-state index is -1.05. The maximum atomic E-state index is 13.8. The Morgan fingerprint density at radius 1 is 1.23 bits per heavy atom. The number of amides is 1. The molecule has 7 heteroatoms. The molecule has 3 rings (SSSR count). The molecule has 2 aliphatic rings. The molecular weight excluding hydrogens is 430 g/mol. The second-order valence-electron chi connectivity index (χ2n) is 8.75. The smallest absolute Gasteiger partial charge is 0.315 e. The van der Waals surface area contributed by atoms with Crippen LogP contribution in [0.1, 0.15) is 45.1 Å². The van der Waals surface area contributed by atoms with E-state index in [2.05, 4.69) is 6.92 Å². The zero-order chi connectivity index (χ0) is 22.5. The van der Waals surface area contributed by atoms with Gasteiger partial charge in [-0.15, -0.1) is 0 Å². The summed E-state index contributed by atoms with van der Waals surface area (Å²) in [6.07, 6.45) is 7.42. The monoisotopic (exact) mass is 463 g/mol. The molecule has 1 heterocycles. The maximum Gasteiger partial charge on any atom is 0.315 e. The minimum Gasteiger partial charge on any atom is -0.616 e. The lowest BCUT2D eigenvalue weighted by molar-refractivity contribution is -0.147. The molecular formula is C24H33NO4S2. The zero-order valence-corrected chi connectivity index (χ0v) is 20.4. The van der Waals surface area contributed by atoms with Gasteiger partial charge in [0.15, 0.2) is 0 Å². The lowest BCUT2D eigenvalue weighted by Crippen LogP contribution is -2.52. The average molecular weight is 464 g/mol. The van der Waals surface area contributed by atoms with Crippen LogP contribution >= 0.6 is 11.8 Å². The number of thioether (sulfide) groups is 1. The highest BCUT2D eigenvalue weighted by molar-refractivity contribution is 8.09. The van der Waals surface area contributed by atoms with Crippen molar-refractivity contribution in [2.45, 2.75) is 50.9 Å². The Morgan fingerprint density at radius 2 is 1.87 bits per heavy atom. The van der Waals surface area contributed by atoms with Gasteiger partial charge in [0.2, 0.25) is 5.91 Å². The first-order valence-corrected chi connectivity index (χ1v) is 13.6. The largest absolute Gasteiger partial charge is 0.616 e. The third-order valence-corrected chi connectivity index (χ3v) is 8.60. The van der Waals surface area contributed by atoms with Gasteiger partial charge in [-0.05, 0) is 44.1 Å². The Bertz CT molecular complexity index is 790. The molecule has 1 saturated carbocycles. The Kier molecular flexibility index (Phi) is 8.53. The van der Waals surface area contributed by atoms with E-state index in [-0.39, 0.29) is 23.8 Å². The van der Waals surface area contributed by atoms with Gasteiger partial charge in [-0.3, -0.25) is 9.59 Å². The average Bonchev–Trinajstić information content (AvgIpc) is 3.18. The highest BCUT2D eigenvalue weighted by Crippen LogP contribution is 2.46. The molecule has 0 radical (unpaired) electrons. The van der Waals surface area contributed by atoms with E-state index in [0.717, 1.165) is 36.2 Å². The number of esters is 1. The van der Waals surface area contributed by atoms with Crippen molar-refractivity contribution in [1.82, 2.24) is 4.90 Å². The maximum absolute atomic E-state index is 13.8. The molecule has 0 spiro atoms. The van der Waals surface area contributed by atoms with Crippen molar-refractivity contribution < 1.29 is 18.9 Å². The predicted octanol–water partition coefficient (Wildman–Crippen LogP) is 4.31. The summed E-state index contributed by atoms with van der Waals surface area (Å²) < 4.78 is 17.1. The fraction of sp³-hybridized carbons (Fsp3) is 0.583. The SMILES string of the molecule is COC(=O)C1C=C(c2ccccc2)SC1N(C(=O)C1CCC(C)CC1)C(C)C[S+](C)[O-]. The number of ether oxygens (including phenoxy) is 1. The Hall–Kier alpha value is -1.44. The van der Waals surface area contributed by atoms with Crippen LogP contribution in [0.15, 0.2) is 36.4 Å². The summed E-state index contributed by atoms with van der Waals surface area (Å²) in [5.41, 5.74) is 1.02. The summed E-state index contributed by atoms with van der Waals surface area (Å²) in [4.78, 5) is 29.3. The number of hydrogen-bond acceptors (Lipinski definition) is 5. The fourth-order valence-electron chi connectivity index (χ4n) is 4.54. The number of nitrogens with zero attached hydrogens (tertiary/aromatic N) is 1. The lowest BCUT2D eigenvalue weighted by atomic mass is 9.82. The van der Waals surface area contributed by atoms with Crippen LogP contribution in [0.2, 0.25) is 0 Å². The highest BCUT2D eigenvalue weighted by atomic mass is 32.2. The molecule has 31 heavy (non-hydrogen) atoms. The molecule has 1 aromatic carbocycles. The first kappa shape index (κ1) is 24.2. The van der Waals surface area contributed by atoms with Gasteiger partial charge in [0.1, 0.15) is 11.7 Å². The van der Waals surface area contributed by atoms with E-state index < -0.39 is 22.5 Å². The lowest BCUT2D eigenvalue weighted by Gasteiger charge is -2.39. The van der Waals surface area contributed by atoms with E-state index >= 15 is 0 Å². The van der Waals surface area contributed by atoms with E-state index in [1.54, 1.807) is 6.26 Å². The topological polar surface area (TPSA) is 69.7 Å². The van der Waals surface area contributed by atoms with Crippen molar-refractivity contribution in [3.05, 3.63) is 42.0 Å². The first-order chi connectivity index (χ1) is 14.8. The molecule has 1 amide bonds. The molecule has 1 aromatic rings. The van der Waals surface area contributed by atoms with Crippen molar-refractivity contribution in [3.8, 4) is 0 Å². The molecule has 0 saturated heterocycles. The predicted molar refractivity (Wildman–Crippen MR) is 128 cm³/mol. The van der Waals surface area contributed by atoms with E-state index in [4.69, 9.17) is 4.74 Å².